The van der Waals surface area contributed by atoms with E-state index in [4.69, 9.17) is 0 Å². The van der Waals surface area contributed by atoms with Gasteiger partial charge in [0.2, 0.25) is 0 Å². The lowest BCUT2D eigenvalue weighted by atomic mass is 9.98. The Hall–Kier alpha value is -1.62. The minimum Gasteiger partial charge on any atom is -0.390 e. The van der Waals surface area contributed by atoms with E-state index in [1.807, 2.05) is 17.9 Å². The van der Waals surface area contributed by atoms with Gasteiger partial charge in [0.1, 0.15) is 5.69 Å². The zero-order valence-corrected chi connectivity index (χ0v) is 11.4. The third kappa shape index (κ3) is 3.04. The predicted molar refractivity (Wildman–Crippen MR) is 74.5 cm³/mol. The van der Waals surface area contributed by atoms with Gasteiger partial charge in [-0.1, -0.05) is 12.1 Å². The summed E-state index contributed by atoms with van der Waals surface area (Å²) in [5.74, 6) is 0. The van der Waals surface area contributed by atoms with E-state index in [0.717, 1.165) is 19.4 Å². The van der Waals surface area contributed by atoms with Crippen molar-refractivity contribution < 1.29 is 10.0 Å². The van der Waals surface area contributed by atoms with Gasteiger partial charge >= 0.3 is 0 Å². The molecule has 1 fully saturated rings. The summed E-state index contributed by atoms with van der Waals surface area (Å²) in [6.45, 7) is 4.99. The second kappa shape index (κ2) is 5.17. The Morgan fingerprint density at radius 2 is 2.11 bits per heavy atom. The van der Waals surface area contributed by atoms with Crippen LogP contribution >= 0.6 is 0 Å². The van der Waals surface area contributed by atoms with Crippen LogP contribution in [0.25, 0.3) is 0 Å². The molecular formula is C14H20N2O3. The third-order valence-electron chi connectivity index (χ3n) is 3.80. The molecule has 0 spiro atoms. The largest absolute Gasteiger partial charge is 0.390 e. The summed E-state index contributed by atoms with van der Waals surface area (Å²) in [6.07, 6.45) is 2.22. The summed E-state index contributed by atoms with van der Waals surface area (Å²) in [7, 11) is 0. The third-order valence-corrected chi connectivity index (χ3v) is 3.80. The molecule has 5 heteroatoms. The van der Waals surface area contributed by atoms with E-state index >= 15 is 0 Å². The van der Waals surface area contributed by atoms with Crippen molar-refractivity contribution in [1.82, 2.24) is 0 Å². The van der Waals surface area contributed by atoms with E-state index in [1.54, 1.807) is 19.1 Å². The molecule has 5 nitrogen and oxygen atoms in total. The highest BCUT2D eigenvalue weighted by Gasteiger charge is 2.28. The van der Waals surface area contributed by atoms with Crippen LogP contribution in [0.1, 0.15) is 31.7 Å². The zero-order valence-electron chi connectivity index (χ0n) is 11.4. The molecule has 2 rings (SSSR count). The highest BCUT2D eigenvalue weighted by atomic mass is 16.6. The molecule has 0 radical (unpaired) electrons. The molecule has 0 aromatic heterocycles. The fraction of sp³-hybridized carbons (Fsp3) is 0.571. The average molecular weight is 264 g/mol. The van der Waals surface area contributed by atoms with Crippen LogP contribution in [0.5, 0.6) is 0 Å². The number of para-hydroxylation sites is 1. The molecule has 0 aliphatic carbocycles. The van der Waals surface area contributed by atoms with Crippen molar-refractivity contribution in [2.24, 2.45) is 0 Å². The Morgan fingerprint density at radius 1 is 1.37 bits per heavy atom. The molecule has 0 saturated carbocycles. The Balaban J connectivity index is 2.32. The zero-order chi connectivity index (χ0) is 14.0. The van der Waals surface area contributed by atoms with Gasteiger partial charge in [-0.3, -0.25) is 10.1 Å². The Labute approximate surface area is 113 Å². The SMILES string of the molecule is Cc1cccc(N2CCCC(C)(O)CC2)c1[N+](=O)[O-]. The second-order valence-electron chi connectivity index (χ2n) is 5.54. The molecule has 0 amide bonds. The number of aryl methyl sites for hydroxylation is 1. The first-order chi connectivity index (χ1) is 8.91. The number of rotatable bonds is 2. The van der Waals surface area contributed by atoms with Gasteiger partial charge in [0.25, 0.3) is 5.69 Å². The Morgan fingerprint density at radius 3 is 2.79 bits per heavy atom. The molecular weight excluding hydrogens is 244 g/mol. The molecule has 1 N–H and O–H groups in total. The van der Waals surface area contributed by atoms with Crippen molar-refractivity contribution in [2.45, 2.75) is 38.7 Å². The summed E-state index contributed by atoms with van der Waals surface area (Å²) >= 11 is 0. The van der Waals surface area contributed by atoms with Crippen LogP contribution in [0.3, 0.4) is 0 Å². The number of nitro benzene ring substituents is 1. The van der Waals surface area contributed by atoms with Crippen LogP contribution in [0.15, 0.2) is 18.2 Å². The fourth-order valence-corrected chi connectivity index (χ4v) is 2.64. The molecule has 1 saturated heterocycles. The van der Waals surface area contributed by atoms with E-state index < -0.39 is 5.60 Å². The highest BCUT2D eigenvalue weighted by Crippen LogP contribution is 2.33. The van der Waals surface area contributed by atoms with Gasteiger partial charge in [0, 0.05) is 18.7 Å². The van der Waals surface area contributed by atoms with E-state index in [2.05, 4.69) is 0 Å². The lowest BCUT2D eigenvalue weighted by Gasteiger charge is -2.24. The van der Waals surface area contributed by atoms with E-state index in [1.165, 1.54) is 0 Å². The number of hydrogen-bond acceptors (Lipinski definition) is 4. The molecule has 1 heterocycles. The average Bonchev–Trinajstić information content (AvgIpc) is 2.49. The number of nitro groups is 1. The maximum absolute atomic E-state index is 11.2. The molecule has 1 aliphatic heterocycles. The first kappa shape index (κ1) is 13.8. The van der Waals surface area contributed by atoms with Gasteiger partial charge in [0.15, 0.2) is 0 Å². The van der Waals surface area contributed by atoms with Crippen LogP contribution in [0, 0.1) is 17.0 Å². The second-order valence-corrected chi connectivity index (χ2v) is 5.54. The van der Waals surface area contributed by atoms with Gasteiger partial charge in [-0.05, 0) is 39.2 Å². The monoisotopic (exact) mass is 264 g/mol. The first-order valence-corrected chi connectivity index (χ1v) is 6.62. The summed E-state index contributed by atoms with van der Waals surface area (Å²) in [5.41, 5.74) is 0.873. The lowest BCUT2D eigenvalue weighted by Crippen LogP contribution is -2.28. The summed E-state index contributed by atoms with van der Waals surface area (Å²) in [6, 6.07) is 5.40. The normalized spacial score (nSPS) is 24.1. The van der Waals surface area contributed by atoms with E-state index in [-0.39, 0.29) is 10.6 Å². The quantitative estimate of drug-likeness (QED) is 0.658. The first-order valence-electron chi connectivity index (χ1n) is 6.62. The topological polar surface area (TPSA) is 66.6 Å². The number of anilines is 1. The molecule has 1 aliphatic rings. The number of nitrogens with zero attached hydrogens (tertiary/aromatic N) is 2. The lowest BCUT2D eigenvalue weighted by molar-refractivity contribution is -0.384. The smallest absolute Gasteiger partial charge is 0.295 e. The number of aliphatic hydroxyl groups is 1. The Kier molecular flexibility index (Phi) is 3.75. The van der Waals surface area contributed by atoms with Crippen molar-refractivity contribution in [3.63, 3.8) is 0 Å². The van der Waals surface area contributed by atoms with Crippen molar-refractivity contribution in [2.75, 3.05) is 18.0 Å². The van der Waals surface area contributed by atoms with Gasteiger partial charge in [-0.25, -0.2) is 0 Å². The summed E-state index contributed by atoms with van der Waals surface area (Å²) < 4.78 is 0. The predicted octanol–water partition coefficient (Wildman–Crippen LogP) is 2.64. The standard InChI is InChI=1S/C14H20N2O3/c1-11-5-3-6-12(13(11)16(18)19)15-9-4-7-14(2,17)8-10-15/h3,5-6,17H,4,7-10H2,1-2H3. The minimum absolute atomic E-state index is 0.184. The van der Waals surface area contributed by atoms with Crippen LogP contribution in [0.4, 0.5) is 11.4 Å². The molecule has 1 aromatic carbocycles. The fourth-order valence-electron chi connectivity index (χ4n) is 2.64. The maximum Gasteiger partial charge on any atom is 0.295 e. The van der Waals surface area contributed by atoms with Gasteiger partial charge < -0.3 is 10.0 Å². The van der Waals surface area contributed by atoms with Gasteiger partial charge in [-0.2, -0.15) is 0 Å². The van der Waals surface area contributed by atoms with Gasteiger partial charge in [-0.15, -0.1) is 0 Å². The minimum atomic E-state index is -0.659. The van der Waals surface area contributed by atoms with Crippen LogP contribution in [0.2, 0.25) is 0 Å². The van der Waals surface area contributed by atoms with Crippen LogP contribution in [-0.2, 0) is 0 Å². The molecule has 1 aromatic rings. The van der Waals surface area contributed by atoms with Crippen LogP contribution in [-0.4, -0.2) is 28.7 Å². The van der Waals surface area contributed by atoms with Crippen molar-refractivity contribution >= 4 is 11.4 Å². The molecule has 1 atom stereocenters. The molecule has 0 bridgehead atoms. The van der Waals surface area contributed by atoms with Crippen molar-refractivity contribution in [1.29, 1.82) is 0 Å². The molecule has 19 heavy (non-hydrogen) atoms. The number of benzene rings is 1. The van der Waals surface area contributed by atoms with E-state index in [9.17, 15) is 15.2 Å². The van der Waals surface area contributed by atoms with Crippen LogP contribution < -0.4 is 4.90 Å². The van der Waals surface area contributed by atoms with Gasteiger partial charge in [0.05, 0.1) is 10.5 Å². The summed E-state index contributed by atoms with van der Waals surface area (Å²) in [5, 5.41) is 21.3. The van der Waals surface area contributed by atoms with Crippen molar-refractivity contribution in [3.8, 4) is 0 Å². The molecule has 104 valence electrons. The summed E-state index contributed by atoms with van der Waals surface area (Å²) in [4.78, 5) is 12.9. The number of hydrogen-bond donors (Lipinski definition) is 1. The van der Waals surface area contributed by atoms with Crippen molar-refractivity contribution in [3.05, 3.63) is 33.9 Å². The Bertz CT molecular complexity index is 486. The molecule has 1 unspecified atom stereocenters. The highest BCUT2D eigenvalue weighted by molar-refractivity contribution is 5.66. The van der Waals surface area contributed by atoms with E-state index in [0.29, 0.717) is 24.2 Å². The maximum atomic E-state index is 11.2.